The number of nitrogen functional groups attached to an aromatic ring is 2. The van der Waals surface area contributed by atoms with Gasteiger partial charge in [0.2, 0.25) is 0 Å². The maximum atomic E-state index is 6.48. The molecule has 4 aromatic rings. The fourth-order valence-corrected chi connectivity index (χ4v) is 4.94. The standard InChI is InChI=1S/C32H36N2O2/c1-3-5-23-32(22-4-2,28-10-6-8-12-30(28)35-26-18-14-24(33)15-19-26)29-11-7-9-13-31(29)36-27-20-16-25(34)17-21-27/h6-21H,3-5,22-23,33-34H2,1-2H3. The molecule has 0 heterocycles. The van der Waals surface area contributed by atoms with Gasteiger partial charge in [-0.25, -0.2) is 0 Å². The first-order valence-electron chi connectivity index (χ1n) is 12.8. The van der Waals surface area contributed by atoms with Crippen molar-refractivity contribution in [2.24, 2.45) is 0 Å². The zero-order chi connectivity index (χ0) is 25.4. The number of rotatable bonds is 11. The summed E-state index contributed by atoms with van der Waals surface area (Å²) in [5.41, 5.74) is 15.3. The molecule has 0 aromatic heterocycles. The predicted octanol–water partition coefficient (Wildman–Crippen LogP) is 8.71. The van der Waals surface area contributed by atoms with Gasteiger partial charge in [-0.2, -0.15) is 0 Å². The number of unbranched alkanes of at least 4 members (excludes halogenated alkanes) is 1. The minimum atomic E-state index is -0.278. The van der Waals surface area contributed by atoms with E-state index in [1.54, 1.807) is 0 Å². The van der Waals surface area contributed by atoms with Crippen molar-refractivity contribution in [2.75, 3.05) is 11.5 Å². The van der Waals surface area contributed by atoms with Crippen LogP contribution >= 0.6 is 0 Å². The molecule has 0 saturated heterocycles. The number of para-hydroxylation sites is 2. The van der Waals surface area contributed by atoms with Crippen LogP contribution in [0.4, 0.5) is 11.4 Å². The Balaban J connectivity index is 1.85. The molecule has 0 radical (unpaired) electrons. The molecule has 0 aliphatic carbocycles. The fraction of sp³-hybridized carbons (Fsp3) is 0.250. The molecule has 4 rings (SSSR count). The Morgan fingerprint density at radius 1 is 0.556 bits per heavy atom. The minimum absolute atomic E-state index is 0.278. The first kappa shape index (κ1) is 25.2. The van der Waals surface area contributed by atoms with E-state index in [1.165, 1.54) is 11.1 Å². The molecule has 0 unspecified atom stereocenters. The lowest BCUT2D eigenvalue weighted by Crippen LogP contribution is -2.29. The lowest BCUT2D eigenvalue weighted by molar-refractivity contribution is 0.374. The van der Waals surface area contributed by atoms with Gasteiger partial charge in [0.05, 0.1) is 0 Å². The summed E-state index contributed by atoms with van der Waals surface area (Å²) in [5, 5.41) is 0. The van der Waals surface area contributed by atoms with Gasteiger partial charge in [-0.3, -0.25) is 0 Å². The number of ether oxygens (including phenoxy) is 2. The van der Waals surface area contributed by atoms with E-state index >= 15 is 0 Å². The van der Waals surface area contributed by atoms with Crippen molar-refractivity contribution in [1.29, 1.82) is 0 Å². The number of hydrogen-bond acceptors (Lipinski definition) is 4. The van der Waals surface area contributed by atoms with Crippen molar-refractivity contribution in [1.82, 2.24) is 0 Å². The van der Waals surface area contributed by atoms with Gasteiger partial charge in [0.1, 0.15) is 23.0 Å². The second-order valence-electron chi connectivity index (χ2n) is 9.27. The molecule has 4 nitrogen and oxygen atoms in total. The molecule has 0 atom stereocenters. The van der Waals surface area contributed by atoms with Crippen molar-refractivity contribution in [3.63, 3.8) is 0 Å². The van der Waals surface area contributed by atoms with Crippen molar-refractivity contribution in [3.8, 4) is 23.0 Å². The molecule has 0 amide bonds. The second-order valence-corrected chi connectivity index (χ2v) is 9.27. The quantitative estimate of drug-likeness (QED) is 0.211. The van der Waals surface area contributed by atoms with E-state index in [1.807, 2.05) is 60.7 Å². The normalized spacial score (nSPS) is 11.3. The molecule has 186 valence electrons. The van der Waals surface area contributed by atoms with E-state index in [2.05, 4.69) is 50.2 Å². The van der Waals surface area contributed by atoms with Crippen molar-refractivity contribution >= 4 is 11.4 Å². The van der Waals surface area contributed by atoms with Crippen LogP contribution in [0.2, 0.25) is 0 Å². The number of hydrogen-bond donors (Lipinski definition) is 2. The Morgan fingerprint density at radius 3 is 1.42 bits per heavy atom. The third kappa shape index (κ3) is 5.65. The number of nitrogens with two attached hydrogens (primary N) is 2. The van der Waals surface area contributed by atoms with E-state index in [0.29, 0.717) is 11.4 Å². The van der Waals surface area contributed by atoms with Crippen LogP contribution in [0.1, 0.15) is 57.1 Å². The van der Waals surface area contributed by atoms with Crippen LogP contribution in [0.15, 0.2) is 97.1 Å². The summed E-state index contributed by atoms with van der Waals surface area (Å²) in [7, 11) is 0. The Morgan fingerprint density at radius 2 is 1.00 bits per heavy atom. The molecule has 0 fully saturated rings. The van der Waals surface area contributed by atoms with Gasteiger partial charge in [0.15, 0.2) is 0 Å². The monoisotopic (exact) mass is 480 g/mol. The summed E-state index contributed by atoms with van der Waals surface area (Å²) in [5.74, 6) is 3.25. The molecule has 0 spiro atoms. The summed E-state index contributed by atoms with van der Waals surface area (Å²) in [6, 6.07) is 31.9. The van der Waals surface area contributed by atoms with Gasteiger partial charge in [-0.1, -0.05) is 69.5 Å². The molecule has 36 heavy (non-hydrogen) atoms. The number of anilines is 2. The van der Waals surface area contributed by atoms with Gasteiger partial charge < -0.3 is 20.9 Å². The highest BCUT2D eigenvalue weighted by Crippen LogP contribution is 2.49. The van der Waals surface area contributed by atoms with E-state index < -0.39 is 0 Å². The van der Waals surface area contributed by atoms with E-state index in [-0.39, 0.29) is 5.41 Å². The molecule has 4 N–H and O–H groups in total. The van der Waals surface area contributed by atoms with Crippen molar-refractivity contribution in [3.05, 3.63) is 108 Å². The van der Waals surface area contributed by atoms with Gasteiger partial charge in [0.25, 0.3) is 0 Å². The fourth-order valence-electron chi connectivity index (χ4n) is 4.94. The molecule has 0 aliphatic heterocycles. The van der Waals surface area contributed by atoms with E-state index in [4.69, 9.17) is 20.9 Å². The Bertz CT molecular complexity index is 1160. The average molecular weight is 481 g/mol. The maximum absolute atomic E-state index is 6.48. The summed E-state index contributed by atoms with van der Waals surface area (Å²) in [6.45, 7) is 4.48. The van der Waals surface area contributed by atoms with Crippen LogP contribution in [0.5, 0.6) is 23.0 Å². The van der Waals surface area contributed by atoms with Crippen LogP contribution < -0.4 is 20.9 Å². The van der Waals surface area contributed by atoms with E-state index in [0.717, 1.165) is 55.1 Å². The summed E-state index contributed by atoms with van der Waals surface area (Å²) in [6.07, 6.45) is 5.18. The Labute approximate surface area is 214 Å². The van der Waals surface area contributed by atoms with Gasteiger partial charge in [-0.15, -0.1) is 0 Å². The second kappa shape index (κ2) is 11.7. The Hall–Kier alpha value is -3.92. The highest BCUT2D eigenvalue weighted by molar-refractivity contribution is 5.54. The van der Waals surface area contributed by atoms with Crippen molar-refractivity contribution in [2.45, 2.75) is 51.4 Å². The summed E-state index contributed by atoms with van der Waals surface area (Å²) >= 11 is 0. The average Bonchev–Trinajstić information content (AvgIpc) is 2.90. The predicted molar refractivity (Wildman–Crippen MR) is 150 cm³/mol. The molecule has 4 aromatic carbocycles. The molecule has 4 heteroatoms. The van der Waals surface area contributed by atoms with Crippen LogP contribution in [-0.2, 0) is 5.41 Å². The van der Waals surface area contributed by atoms with Crippen LogP contribution in [-0.4, -0.2) is 0 Å². The molecule has 0 saturated carbocycles. The van der Waals surface area contributed by atoms with Gasteiger partial charge in [0, 0.05) is 27.9 Å². The summed E-state index contributed by atoms with van der Waals surface area (Å²) in [4.78, 5) is 0. The highest BCUT2D eigenvalue weighted by atomic mass is 16.5. The zero-order valence-corrected chi connectivity index (χ0v) is 21.2. The SMILES string of the molecule is CCCCC(CCC)(c1ccccc1Oc1ccc(N)cc1)c1ccccc1Oc1ccc(N)cc1. The number of benzene rings is 4. The third-order valence-electron chi connectivity index (χ3n) is 6.65. The first-order valence-corrected chi connectivity index (χ1v) is 12.8. The smallest absolute Gasteiger partial charge is 0.131 e. The topological polar surface area (TPSA) is 70.5 Å². The Kier molecular flexibility index (Phi) is 8.17. The third-order valence-corrected chi connectivity index (χ3v) is 6.65. The highest BCUT2D eigenvalue weighted by Gasteiger charge is 2.38. The zero-order valence-electron chi connectivity index (χ0n) is 21.2. The largest absolute Gasteiger partial charge is 0.457 e. The molecular weight excluding hydrogens is 444 g/mol. The van der Waals surface area contributed by atoms with Crippen LogP contribution in [0, 0.1) is 0 Å². The first-order chi connectivity index (χ1) is 17.6. The molecular formula is C32H36N2O2. The molecule has 0 bridgehead atoms. The lowest BCUT2D eigenvalue weighted by atomic mass is 9.67. The maximum Gasteiger partial charge on any atom is 0.131 e. The van der Waals surface area contributed by atoms with Crippen LogP contribution in [0.25, 0.3) is 0 Å². The van der Waals surface area contributed by atoms with Gasteiger partial charge >= 0.3 is 0 Å². The van der Waals surface area contributed by atoms with Crippen LogP contribution in [0.3, 0.4) is 0 Å². The van der Waals surface area contributed by atoms with E-state index in [9.17, 15) is 0 Å². The summed E-state index contributed by atoms with van der Waals surface area (Å²) < 4.78 is 13.0. The van der Waals surface area contributed by atoms with Gasteiger partial charge in [-0.05, 0) is 73.5 Å². The lowest BCUT2D eigenvalue weighted by Gasteiger charge is -2.37. The van der Waals surface area contributed by atoms with Crippen molar-refractivity contribution < 1.29 is 9.47 Å². The molecule has 0 aliphatic rings. The minimum Gasteiger partial charge on any atom is -0.457 e.